The Morgan fingerprint density at radius 2 is 1.68 bits per heavy atom. The minimum Gasteiger partial charge on any atom is -0.493 e. The Morgan fingerprint density at radius 1 is 1.00 bits per heavy atom. The van der Waals surface area contributed by atoms with Crippen molar-refractivity contribution >= 4 is 0 Å². The van der Waals surface area contributed by atoms with Gasteiger partial charge in [-0.05, 0) is 44.2 Å². The van der Waals surface area contributed by atoms with Crippen LogP contribution < -0.4 is 9.47 Å². The summed E-state index contributed by atoms with van der Waals surface area (Å²) in [7, 11) is 5.50. The molecular weight excluding hydrogens is 310 g/mol. The van der Waals surface area contributed by atoms with Crippen molar-refractivity contribution in [3.05, 3.63) is 35.5 Å². The second kappa shape index (κ2) is 13.6. The number of allylic oxidation sites excluding steroid dienone is 2. The van der Waals surface area contributed by atoms with Gasteiger partial charge in [-0.1, -0.05) is 45.9 Å². The number of likely N-dealkylation sites (tertiary alicyclic amines) is 1. The van der Waals surface area contributed by atoms with E-state index in [0.29, 0.717) is 0 Å². The van der Waals surface area contributed by atoms with Crippen LogP contribution >= 0.6 is 0 Å². The highest BCUT2D eigenvalue weighted by atomic mass is 16.5. The van der Waals surface area contributed by atoms with Crippen molar-refractivity contribution in [1.82, 2.24) is 4.90 Å². The van der Waals surface area contributed by atoms with Crippen molar-refractivity contribution in [2.75, 3.05) is 27.8 Å². The minimum absolute atomic E-state index is 0.785. The Bertz CT molecular complexity index is 497. The van der Waals surface area contributed by atoms with Gasteiger partial charge in [0.15, 0.2) is 11.5 Å². The lowest BCUT2D eigenvalue weighted by atomic mass is 9.93. The molecule has 1 aromatic rings. The first-order valence-corrected chi connectivity index (χ1v) is 9.76. The summed E-state index contributed by atoms with van der Waals surface area (Å²) in [4.78, 5) is 2.42. The zero-order chi connectivity index (χ0) is 19.2. The molecule has 3 nitrogen and oxygen atoms in total. The zero-order valence-corrected chi connectivity index (χ0v) is 17.7. The van der Waals surface area contributed by atoms with E-state index in [2.05, 4.69) is 18.0 Å². The van der Waals surface area contributed by atoms with Gasteiger partial charge in [-0.15, -0.1) is 0 Å². The van der Waals surface area contributed by atoms with Gasteiger partial charge in [-0.2, -0.15) is 0 Å². The molecule has 1 atom stereocenters. The van der Waals surface area contributed by atoms with Crippen LogP contribution in [0.25, 0.3) is 0 Å². The van der Waals surface area contributed by atoms with Gasteiger partial charge in [0.05, 0.1) is 14.2 Å². The summed E-state index contributed by atoms with van der Waals surface area (Å²) in [6.45, 7) is 11.3. The second-order valence-electron chi connectivity index (χ2n) is 5.78. The number of aryl methyl sites for hydroxylation is 1. The molecule has 2 aliphatic rings. The van der Waals surface area contributed by atoms with Gasteiger partial charge in [0.1, 0.15) is 0 Å². The average Bonchev–Trinajstić information content (AvgIpc) is 3.06. The van der Waals surface area contributed by atoms with Crippen LogP contribution in [-0.2, 0) is 0 Å². The molecule has 0 saturated carbocycles. The molecule has 1 aliphatic heterocycles. The van der Waals surface area contributed by atoms with Crippen molar-refractivity contribution in [2.24, 2.45) is 5.92 Å². The molecular formula is C22H39NO2. The number of hydrogen-bond donors (Lipinski definition) is 0. The van der Waals surface area contributed by atoms with Crippen LogP contribution in [0.1, 0.15) is 58.9 Å². The first-order chi connectivity index (χ1) is 12.2. The van der Waals surface area contributed by atoms with Gasteiger partial charge in [0.25, 0.3) is 0 Å². The van der Waals surface area contributed by atoms with Gasteiger partial charge in [0.2, 0.25) is 0 Å². The molecule has 1 saturated heterocycles. The maximum atomic E-state index is 5.14. The van der Waals surface area contributed by atoms with Crippen LogP contribution in [0.2, 0.25) is 0 Å². The first-order valence-electron chi connectivity index (χ1n) is 9.76. The fourth-order valence-electron chi connectivity index (χ4n) is 3.21. The number of ether oxygens (including phenoxy) is 2. The van der Waals surface area contributed by atoms with Crippen LogP contribution in [0, 0.1) is 12.8 Å². The quantitative estimate of drug-likeness (QED) is 0.646. The summed E-state index contributed by atoms with van der Waals surface area (Å²) in [5.41, 5.74) is 2.72. The number of rotatable bonds is 2. The molecule has 1 aliphatic carbocycles. The van der Waals surface area contributed by atoms with Crippen molar-refractivity contribution in [2.45, 2.75) is 60.3 Å². The van der Waals surface area contributed by atoms with Crippen molar-refractivity contribution < 1.29 is 9.47 Å². The Kier molecular flexibility index (Phi) is 12.7. The highest BCUT2D eigenvalue weighted by Gasteiger charge is 2.26. The highest BCUT2D eigenvalue weighted by molar-refractivity contribution is 5.45. The molecule has 3 rings (SSSR count). The SMILES string of the molecule is CC.CC.CN1CCC2CCCC=C21.COc1cccc(C)c1OC. The van der Waals surface area contributed by atoms with Crippen molar-refractivity contribution in [1.29, 1.82) is 0 Å². The van der Waals surface area contributed by atoms with Crippen molar-refractivity contribution in [3.8, 4) is 11.5 Å². The molecule has 1 aromatic carbocycles. The molecule has 0 bridgehead atoms. The van der Waals surface area contributed by atoms with Gasteiger partial charge < -0.3 is 14.4 Å². The second-order valence-corrected chi connectivity index (χ2v) is 5.78. The molecule has 0 aromatic heterocycles. The molecule has 0 radical (unpaired) electrons. The number of nitrogens with zero attached hydrogens (tertiary/aromatic N) is 1. The predicted molar refractivity (Wildman–Crippen MR) is 110 cm³/mol. The first kappa shape index (κ1) is 23.4. The Hall–Kier alpha value is -1.64. The van der Waals surface area contributed by atoms with Crippen LogP contribution in [0.5, 0.6) is 11.5 Å². The van der Waals surface area contributed by atoms with E-state index in [-0.39, 0.29) is 0 Å². The zero-order valence-electron chi connectivity index (χ0n) is 17.7. The van der Waals surface area contributed by atoms with E-state index >= 15 is 0 Å². The van der Waals surface area contributed by atoms with Crippen molar-refractivity contribution in [3.63, 3.8) is 0 Å². The monoisotopic (exact) mass is 349 g/mol. The lowest BCUT2D eigenvalue weighted by Crippen LogP contribution is -2.13. The lowest BCUT2D eigenvalue weighted by molar-refractivity contribution is 0.353. The third kappa shape index (κ3) is 7.01. The largest absolute Gasteiger partial charge is 0.493 e. The summed E-state index contributed by atoms with van der Waals surface area (Å²) < 4.78 is 10.2. The fourth-order valence-corrected chi connectivity index (χ4v) is 3.21. The number of para-hydroxylation sites is 1. The van der Waals surface area contributed by atoms with Crippen LogP contribution in [0.15, 0.2) is 30.0 Å². The fraction of sp³-hybridized carbons (Fsp3) is 0.636. The molecule has 0 N–H and O–H groups in total. The smallest absolute Gasteiger partial charge is 0.163 e. The van der Waals surface area contributed by atoms with E-state index in [0.717, 1.165) is 23.0 Å². The summed E-state index contributed by atoms with van der Waals surface area (Å²) in [6, 6.07) is 5.81. The van der Waals surface area contributed by atoms with E-state index < -0.39 is 0 Å². The van der Waals surface area contributed by atoms with E-state index in [1.807, 2.05) is 52.8 Å². The van der Waals surface area contributed by atoms with Gasteiger partial charge in [0, 0.05) is 25.2 Å². The number of benzene rings is 1. The standard InChI is InChI=1S/C9H15N.C9H12O2.2C2H6/c1-10-7-6-8-4-2-3-5-9(8)10;1-7-5-4-6-8(10-2)9(7)11-3;2*1-2/h5,8H,2-4,6-7H2,1H3;4-6H,1-3H3;2*1-2H3. The number of methoxy groups -OCH3 is 2. The van der Waals surface area contributed by atoms with E-state index in [4.69, 9.17) is 9.47 Å². The summed E-state index contributed by atoms with van der Waals surface area (Å²) in [5, 5.41) is 0. The lowest BCUT2D eigenvalue weighted by Gasteiger charge is -2.20. The third-order valence-electron chi connectivity index (χ3n) is 4.38. The maximum absolute atomic E-state index is 5.14. The molecule has 1 unspecified atom stereocenters. The maximum Gasteiger partial charge on any atom is 0.163 e. The third-order valence-corrected chi connectivity index (χ3v) is 4.38. The molecule has 144 valence electrons. The summed E-state index contributed by atoms with van der Waals surface area (Å²) >= 11 is 0. The molecule has 1 fully saturated rings. The normalized spacial score (nSPS) is 17.4. The average molecular weight is 350 g/mol. The Labute approximate surface area is 156 Å². The molecule has 3 heteroatoms. The van der Waals surface area contributed by atoms with Crippen LogP contribution in [-0.4, -0.2) is 32.7 Å². The molecule has 0 amide bonds. The van der Waals surface area contributed by atoms with E-state index in [1.165, 1.54) is 32.2 Å². The minimum atomic E-state index is 0.785. The van der Waals surface area contributed by atoms with Crippen LogP contribution in [0.3, 0.4) is 0 Å². The number of hydrogen-bond acceptors (Lipinski definition) is 3. The molecule has 25 heavy (non-hydrogen) atoms. The Balaban J connectivity index is 0.000000385. The topological polar surface area (TPSA) is 21.7 Å². The highest BCUT2D eigenvalue weighted by Crippen LogP contribution is 2.34. The van der Waals surface area contributed by atoms with E-state index in [1.54, 1.807) is 19.9 Å². The molecule has 0 spiro atoms. The van der Waals surface area contributed by atoms with Gasteiger partial charge in [-0.25, -0.2) is 0 Å². The Morgan fingerprint density at radius 3 is 2.20 bits per heavy atom. The molecule has 1 heterocycles. The number of fused-ring (bicyclic) bond motifs is 1. The van der Waals surface area contributed by atoms with Gasteiger partial charge in [-0.3, -0.25) is 0 Å². The van der Waals surface area contributed by atoms with Crippen LogP contribution in [0.4, 0.5) is 0 Å². The summed E-state index contributed by atoms with van der Waals surface area (Å²) in [5.74, 6) is 2.53. The predicted octanol–water partition coefficient (Wildman–Crippen LogP) is 6.07. The van der Waals surface area contributed by atoms with E-state index in [9.17, 15) is 0 Å². The summed E-state index contributed by atoms with van der Waals surface area (Å²) in [6.07, 6.45) is 8.01. The van der Waals surface area contributed by atoms with Gasteiger partial charge >= 0.3 is 0 Å².